The van der Waals surface area contributed by atoms with E-state index < -0.39 is 0 Å². The van der Waals surface area contributed by atoms with Crippen molar-refractivity contribution in [3.05, 3.63) is 65.2 Å². The number of benzene rings is 2. The van der Waals surface area contributed by atoms with E-state index >= 15 is 0 Å². The number of carbonyl (C=O) groups excluding carboxylic acids is 1. The Kier molecular flexibility index (Phi) is 5.38. The number of hydrogen-bond acceptors (Lipinski definition) is 2. The highest BCUT2D eigenvalue weighted by atomic mass is 16.1. The molecule has 2 N–H and O–H groups in total. The minimum atomic E-state index is -0.0439. The maximum Gasteiger partial charge on any atom is 0.251 e. The molecule has 0 fully saturated rings. The number of hydrogen-bond donors (Lipinski definition) is 2. The molecule has 2 aromatic carbocycles. The first-order chi connectivity index (χ1) is 10.2. The first kappa shape index (κ1) is 15.1. The topological polar surface area (TPSA) is 41.1 Å². The van der Waals surface area contributed by atoms with Crippen LogP contribution >= 0.6 is 0 Å². The molecule has 0 radical (unpaired) electrons. The molecule has 0 heterocycles. The molecule has 1 amide bonds. The van der Waals surface area contributed by atoms with E-state index in [4.69, 9.17) is 0 Å². The molecule has 0 saturated heterocycles. The number of rotatable bonds is 6. The van der Waals surface area contributed by atoms with Crippen LogP contribution in [0.3, 0.4) is 0 Å². The second kappa shape index (κ2) is 7.48. The van der Waals surface area contributed by atoms with E-state index in [0.717, 1.165) is 24.2 Å². The third-order valence-corrected chi connectivity index (χ3v) is 3.41. The van der Waals surface area contributed by atoms with Crippen LogP contribution in [0.4, 0.5) is 5.69 Å². The van der Waals surface area contributed by atoms with E-state index in [9.17, 15) is 4.79 Å². The Morgan fingerprint density at radius 3 is 2.10 bits per heavy atom. The van der Waals surface area contributed by atoms with E-state index in [1.165, 1.54) is 5.56 Å². The van der Waals surface area contributed by atoms with Crippen LogP contribution in [0.2, 0.25) is 0 Å². The zero-order chi connectivity index (χ0) is 15.1. The average molecular weight is 282 g/mol. The average Bonchev–Trinajstić information content (AvgIpc) is 2.54. The molecule has 0 aliphatic heterocycles. The number of nitrogens with one attached hydrogen (secondary N) is 2. The van der Waals surface area contributed by atoms with E-state index in [0.29, 0.717) is 12.1 Å². The molecule has 0 saturated carbocycles. The van der Waals surface area contributed by atoms with Gasteiger partial charge >= 0.3 is 0 Å². The normalized spacial score (nSPS) is 10.2. The predicted molar refractivity (Wildman–Crippen MR) is 87.6 cm³/mol. The maximum atomic E-state index is 12.1. The van der Waals surface area contributed by atoms with Crippen molar-refractivity contribution in [1.29, 1.82) is 0 Å². The summed E-state index contributed by atoms with van der Waals surface area (Å²) in [6.07, 6.45) is 1.03. The summed E-state index contributed by atoms with van der Waals surface area (Å²) in [5, 5.41) is 6.16. The fourth-order valence-electron chi connectivity index (χ4n) is 2.12. The van der Waals surface area contributed by atoms with Gasteiger partial charge in [-0.1, -0.05) is 31.2 Å². The number of amides is 1. The van der Waals surface area contributed by atoms with Gasteiger partial charge in [-0.3, -0.25) is 4.79 Å². The van der Waals surface area contributed by atoms with E-state index in [1.54, 1.807) is 0 Å². The van der Waals surface area contributed by atoms with Crippen LogP contribution in [0.5, 0.6) is 0 Å². The minimum Gasteiger partial charge on any atom is -0.385 e. The molecule has 2 aromatic rings. The molecular formula is C18H22N2O. The van der Waals surface area contributed by atoms with Crippen LogP contribution in [0.25, 0.3) is 0 Å². The Bertz CT molecular complexity index is 573. The van der Waals surface area contributed by atoms with Gasteiger partial charge in [0.05, 0.1) is 0 Å². The molecule has 0 atom stereocenters. The van der Waals surface area contributed by atoms with Crippen molar-refractivity contribution in [3.8, 4) is 0 Å². The summed E-state index contributed by atoms with van der Waals surface area (Å²) in [5.41, 5.74) is 4.14. The molecule has 0 aliphatic rings. The Balaban J connectivity index is 1.91. The van der Waals surface area contributed by atoms with Crippen LogP contribution in [0, 0.1) is 0 Å². The highest BCUT2D eigenvalue weighted by Gasteiger charge is 2.05. The van der Waals surface area contributed by atoms with Crippen molar-refractivity contribution in [2.45, 2.75) is 26.8 Å². The maximum absolute atomic E-state index is 12.1. The van der Waals surface area contributed by atoms with Crippen molar-refractivity contribution in [2.24, 2.45) is 0 Å². The van der Waals surface area contributed by atoms with Gasteiger partial charge in [-0.05, 0) is 48.7 Å². The van der Waals surface area contributed by atoms with Gasteiger partial charge in [0.2, 0.25) is 0 Å². The largest absolute Gasteiger partial charge is 0.385 e. The van der Waals surface area contributed by atoms with Crippen molar-refractivity contribution in [1.82, 2.24) is 5.32 Å². The summed E-state index contributed by atoms with van der Waals surface area (Å²) in [6, 6.07) is 15.9. The van der Waals surface area contributed by atoms with Gasteiger partial charge in [0.25, 0.3) is 5.91 Å². The summed E-state index contributed by atoms with van der Waals surface area (Å²) >= 11 is 0. The van der Waals surface area contributed by atoms with Gasteiger partial charge < -0.3 is 10.6 Å². The summed E-state index contributed by atoms with van der Waals surface area (Å²) in [7, 11) is 0. The molecule has 3 heteroatoms. The summed E-state index contributed by atoms with van der Waals surface area (Å²) in [5.74, 6) is -0.0439. The van der Waals surface area contributed by atoms with Gasteiger partial charge in [-0.25, -0.2) is 0 Å². The Labute approximate surface area is 126 Å². The van der Waals surface area contributed by atoms with E-state index in [2.05, 4.69) is 41.8 Å². The lowest BCUT2D eigenvalue weighted by molar-refractivity contribution is 0.0951. The van der Waals surface area contributed by atoms with Crippen molar-refractivity contribution < 1.29 is 4.79 Å². The molecule has 0 aromatic heterocycles. The number of anilines is 1. The lowest BCUT2D eigenvalue weighted by atomic mass is 10.1. The van der Waals surface area contributed by atoms with Crippen LogP contribution in [0.1, 0.15) is 35.3 Å². The highest BCUT2D eigenvalue weighted by Crippen LogP contribution is 2.10. The van der Waals surface area contributed by atoms with Crippen LogP contribution in [-0.2, 0) is 13.0 Å². The summed E-state index contributed by atoms with van der Waals surface area (Å²) in [4.78, 5) is 12.1. The zero-order valence-corrected chi connectivity index (χ0v) is 12.6. The quantitative estimate of drug-likeness (QED) is 0.849. The number of carbonyl (C=O) groups is 1. The highest BCUT2D eigenvalue weighted by molar-refractivity contribution is 5.94. The molecule has 0 spiro atoms. The Morgan fingerprint density at radius 1 is 0.905 bits per heavy atom. The van der Waals surface area contributed by atoms with Crippen LogP contribution in [-0.4, -0.2) is 12.5 Å². The van der Waals surface area contributed by atoms with Gasteiger partial charge in [-0.2, -0.15) is 0 Å². The van der Waals surface area contributed by atoms with Crippen molar-refractivity contribution in [3.63, 3.8) is 0 Å². The van der Waals surface area contributed by atoms with Crippen molar-refractivity contribution >= 4 is 11.6 Å². The molecule has 3 nitrogen and oxygen atoms in total. The SMILES string of the molecule is CCNc1ccc(C(=O)NCc2ccc(CC)cc2)cc1. The molecule has 0 unspecified atom stereocenters. The molecular weight excluding hydrogens is 260 g/mol. The third-order valence-electron chi connectivity index (χ3n) is 3.41. The van der Waals surface area contributed by atoms with Gasteiger partial charge in [-0.15, -0.1) is 0 Å². The fourth-order valence-corrected chi connectivity index (χ4v) is 2.12. The van der Waals surface area contributed by atoms with E-state index in [-0.39, 0.29) is 5.91 Å². The smallest absolute Gasteiger partial charge is 0.251 e. The van der Waals surface area contributed by atoms with Gasteiger partial charge in [0, 0.05) is 24.3 Å². The summed E-state index contributed by atoms with van der Waals surface area (Å²) in [6.45, 7) is 5.61. The second-order valence-corrected chi connectivity index (χ2v) is 4.96. The molecule has 0 bridgehead atoms. The summed E-state index contributed by atoms with van der Waals surface area (Å²) < 4.78 is 0. The molecule has 110 valence electrons. The van der Waals surface area contributed by atoms with Gasteiger partial charge in [0.1, 0.15) is 0 Å². The fraction of sp³-hybridized carbons (Fsp3) is 0.278. The van der Waals surface area contributed by atoms with Crippen LogP contribution < -0.4 is 10.6 Å². The standard InChI is InChI=1S/C18H22N2O/c1-3-14-5-7-15(8-6-14)13-20-18(21)16-9-11-17(12-10-16)19-4-2/h5-12,19H,3-4,13H2,1-2H3,(H,20,21). The molecule has 2 rings (SSSR count). The van der Waals surface area contributed by atoms with Crippen molar-refractivity contribution in [2.75, 3.05) is 11.9 Å². The first-order valence-electron chi connectivity index (χ1n) is 7.43. The lowest BCUT2D eigenvalue weighted by Gasteiger charge is -2.07. The third kappa shape index (κ3) is 4.35. The Morgan fingerprint density at radius 2 is 1.52 bits per heavy atom. The number of aryl methyl sites for hydroxylation is 1. The van der Waals surface area contributed by atoms with Crippen LogP contribution in [0.15, 0.2) is 48.5 Å². The monoisotopic (exact) mass is 282 g/mol. The zero-order valence-electron chi connectivity index (χ0n) is 12.6. The van der Waals surface area contributed by atoms with Gasteiger partial charge in [0.15, 0.2) is 0 Å². The minimum absolute atomic E-state index is 0.0439. The van der Waals surface area contributed by atoms with E-state index in [1.807, 2.05) is 31.2 Å². The lowest BCUT2D eigenvalue weighted by Crippen LogP contribution is -2.22. The Hall–Kier alpha value is -2.29. The second-order valence-electron chi connectivity index (χ2n) is 4.96. The molecule has 0 aliphatic carbocycles. The molecule has 21 heavy (non-hydrogen) atoms. The predicted octanol–water partition coefficient (Wildman–Crippen LogP) is 3.61. The first-order valence-corrected chi connectivity index (χ1v) is 7.43.